The lowest BCUT2D eigenvalue weighted by atomic mass is 10.0. The van der Waals surface area contributed by atoms with E-state index in [9.17, 15) is 22.8 Å². The highest BCUT2D eigenvalue weighted by Crippen LogP contribution is 2.14. The summed E-state index contributed by atoms with van der Waals surface area (Å²) in [5.74, 6) is -3.33. The second-order valence-corrected chi connectivity index (χ2v) is 7.89. The van der Waals surface area contributed by atoms with E-state index in [-0.39, 0.29) is 11.8 Å². The minimum absolute atomic E-state index is 0.265. The number of amides is 2. The molecule has 0 saturated carbocycles. The topological polar surface area (TPSA) is 113 Å². The lowest BCUT2D eigenvalue weighted by molar-refractivity contribution is -0.192. The number of rotatable bonds is 7. The summed E-state index contributed by atoms with van der Waals surface area (Å²) in [6.45, 7) is 0. The summed E-state index contributed by atoms with van der Waals surface area (Å²) in [4.78, 5) is 38.8. The predicted octanol–water partition coefficient (Wildman–Crippen LogP) is 4.49. The fraction of sp³-hybridized carbons (Fsp3) is 0.111. The number of aliphatic carboxylic acids is 1. The highest BCUT2D eigenvalue weighted by Gasteiger charge is 2.38. The molecule has 196 valence electrons. The van der Waals surface area contributed by atoms with E-state index < -0.39 is 18.2 Å². The van der Waals surface area contributed by atoms with E-state index in [2.05, 4.69) is 15.6 Å². The van der Waals surface area contributed by atoms with E-state index in [4.69, 9.17) is 9.90 Å². The van der Waals surface area contributed by atoms with Crippen molar-refractivity contribution in [1.29, 1.82) is 0 Å². The summed E-state index contributed by atoms with van der Waals surface area (Å²) in [6, 6.07) is 25.3. The maximum absolute atomic E-state index is 13.0. The summed E-state index contributed by atoms with van der Waals surface area (Å²) < 4.78 is 33.6. The van der Waals surface area contributed by atoms with Gasteiger partial charge in [0.25, 0.3) is 5.91 Å². The van der Waals surface area contributed by atoms with Gasteiger partial charge in [0.15, 0.2) is 0 Å². The molecule has 1 atom stereocenters. The quantitative estimate of drug-likeness (QED) is 0.330. The number of carbonyl (C=O) groups is 3. The Hall–Kier alpha value is -4.93. The van der Waals surface area contributed by atoms with E-state index in [1.165, 1.54) is 0 Å². The maximum atomic E-state index is 13.0. The van der Waals surface area contributed by atoms with Crippen LogP contribution in [0.25, 0.3) is 5.69 Å². The molecule has 3 N–H and O–H groups in total. The number of halogens is 3. The Balaban J connectivity index is 0.000000505. The summed E-state index contributed by atoms with van der Waals surface area (Å²) in [7, 11) is 0. The summed E-state index contributed by atoms with van der Waals surface area (Å²) >= 11 is 0. The Bertz CT molecular complexity index is 1330. The molecular weight excluding hydrogens is 501 g/mol. The number of para-hydroxylation sites is 1. The largest absolute Gasteiger partial charge is 0.490 e. The van der Waals surface area contributed by atoms with Crippen LogP contribution >= 0.6 is 0 Å². The van der Waals surface area contributed by atoms with Crippen LogP contribution in [0.15, 0.2) is 104 Å². The Morgan fingerprint density at radius 2 is 1.47 bits per heavy atom. The Morgan fingerprint density at radius 1 is 0.895 bits per heavy atom. The molecule has 0 aliphatic heterocycles. The number of nitrogens with one attached hydrogen (secondary N) is 2. The van der Waals surface area contributed by atoms with Gasteiger partial charge in [0.05, 0.1) is 6.33 Å². The highest BCUT2D eigenvalue weighted by molar-refractivity contribution is 6.01. The second kappa shape index (κ2) is 12.9. The van der Waals surface area contributed by atoms with Crippen LogP contribution in [0.1, 0.15) is 15.9 Å². The van der Waals surface area contributed by atoms with Crippen molar-refractivity contribution in [3.05, 3.63) is 115 Å². The molecule has 1 unspecified atom stereocenters. The molecule has 0 aliphatic carbocycles. The van der Waals surface area contributed by atoms with Crippen molar-refractivity contribution in [3.8, 4) is 5.69 Å². The number of carbonyl (C=O) groups excluding carboxylic acids is 2. The molecule has 4 rings (SSSR count). The fourth-order valence-electron chi connectivity index (χ4n) is 3.25. The third-order valence-electron chi connectivity index (χ3n) is 5.12. The number of hydrogen-bond acceptors (Lipinski definition) is 4. The SMILES string of the molecule is O=C(NC(Cc1ccccc1)C(=O)Nc1ccccc1)c1ccc(-n2ccnc2)cc1.O=C(O)C(F)(F)F. The van der Waals surface area contributed by atoms with Gasteiger partial charge in [-0.25, -0.2) is 9.78 Å². The van der Waals surface area contributed by atoms with Gasteiger partial charge < -0.3 is 20.3 Å². The van der Waals surface area contributed by atoms with Crippen molar-refractivity contribution in [2.24, 2.45) is 0 Å². The maximum Gasteiger partial charge on any atom is 0.490 e. The molecule has 2 amide bonds. The average Bonchev–Trinajstić information content (AvgIpc) is 3.44. The minimum Gasteiger partial charge on any atom is -0.475 e. The number of benzene rings is 3. The molecule has 11 heteroatoms. The zero-order chi connectivity index (χ0) is 27.5. The molecule has 3 aromatic carbocycles. The number of aromatic nitrogens is 2. The Kier molecular flexibility index (Phi) is 9.36. The standard InChI is InChI=1S/C25H22N4O2.C2HF3O2/c30-24(20-11-13-22(14-12-20)29-16-15-26-18-29)28-23(17-19-7-3-1-4-8-19)25(31)27-21-9-5-2-6-10-21;3-2(4,5)1(6)7/h1-16,18,23H,17H2,(H,27,31)(H,28,30);(H,6,7). The van der Waals surface area contributed by atoms with E-state index in [1.54, 1.807) is 24.7 Å². The molecule has 0 radical (unpaired) electrons. The first-order valence-electron chi connectivity index (χ1n) is 11.2. The van der Waals surface area contributed by atoms with Crippen molar-refractivity contribution in [2.45, 2.75) is 18.6 Å². The summed E-state index contributed by atoms with van der Waals surface area (Å²) in [5, 5.41) is 12.9. The van der Waals surface area contributed by atoms with Crippen molar-refractivity contribution in [3.63, 3.8) is 0 Å². The van der Waals surface area contributed by atoms with Crippen LogP contribution in [-0.2, 0) is 16.0 Å². The normalized spacial score (nSPS) is 11.4. The molecule has 1 aromatic heterocycles. The van der Waals surface area contributed by atoms with E-state index in [1.807, 2.05) is 83.6 Å². The van der Waals surface area contributed by atoms with Crippen LogP contribution in [0, 0.1) is 0 Å². The van der Waals surface area contributed by atoms with Crippen LogP contribution < -0.4 is 10.6 Å². The van der Waals surface area contributed by atoms with Gasteiger partial charge in [-0.15, -0.1) is 0 Å². The van der Waals surface area contributed by atoms with E-state index in [0.29, 0.717) is 17.7 Å². The van der Waals surface area contributed by atoms with Gasteiger partial charge >= 0.3 is 12.1 Å². The predicted molar refractivity (Wildman–Crippen MR) is 134 cm³/mol. The average molecular weight is 524 g/mol. The zero-order valence-electron chi connectivity index (χ0n) is 19.8. The number of alkyl halides is 3. The number of carboxylic acid groups (broad SMARTS) is 1. The van der Waals surface area contributed by atoms with E-state index >= 15 is 0 Å². The van der Waals surface area contributed by atoms with Gasteiger partial charge in [0.2, 0.25) is 5.91 Å². The molecule has 38 heavy (non-hydrogen) atoms. The lowest BCUT2D eigenvalue weighted by Gasteiger charge is -2.19. The third-order valence-corrected chi connectivity index (χ3v) is 5.12. The number of imidazole rings is 1. The fourth-order valence-corrected chi connectivity index (χ4v) is 3.25. The lowest BCUT2D eigenvalue weighted by Crippen LogP contribution is -2.45. The van der Waals surface area contributed by atoms with Crippen molar-refractivity contribution >= 4 is 23.5 Å². The number of anilines is 1. The number of carboxylic acids is 1. The van der Waals surface area contributed by atoms with Gasteiger partial charge in [-0.05, 0) is 42.0 Å². The third kappa shape index (κ3) is 8.33. The minimum atomic E-state index is -5.08. The van der Waals surface area contributed by atoms with Crippen molar-refractivity contribution in [1.82, 2.24) is 14.9 Å². The van der Waals surface area contributed by atoms with Crippen LogP contribution in [0.2, 0.25) is 0 Å². The van der Waals surface area contributed by atoms with Gasteiger partial charge in [0.1, 0.15) is 6.04 Å². The first-order valence-corrected chi connectivity index (χ1v) is 11.2. The molecule has 8 nitrogen and oxygen atoms in total. The molecule has 0 aliphatic rings. The molecular formula is C27H23F3N4O4. The zero-order valence-corrected chi connectivity index (χ0v) is 19.8. The summed E-state index contributed by atoms with van der Waals surface area (Å²) in [6.07, 6.45) is 0.524. The molecule has 0 fully saturated rings. The highest BCUT2D eigenvalue weighted by atomic mass is 19.4. The van der Waals surface area contributed by atoms with Gasteiger partial charge in [-0.2, -0.15) is 13.2 Å². The van der Waals surface area contributed by atoms with E-state index in [0.717, 1.165) is 11.3 Å². The number of nitrogens with zero attached hydrogens (tertiary/aromatic N) is 2. The van der Waals surface area contributed by atoms with Gasteiger partial charge in [0, 0.05) is 35.8 Å². The summed E-state index contributed by atoms with van der Waals surface area (Å²) in [5.41, 5.74) is 3.03. The molecule has 0 spiro atoms. The molecule has 0 bridgehead atoms. The second-order valence-electron chi connectivity index (χ2n) is 7.89. The van der Waals surface area contributed by atoms with Crippen LogP contribution in [0.5, 0.6) is 0 Å². The molecule has 4 aromatic rings. The van der Waals surface area contributed by atoms with Crippen molar-refractivity contribution in [2.75, 3.05) is 5.32 Å². The van der Waals surface area contributed by atoms with Crippen LogP contribution in [0.3, 0.4) is 0 Å². The first kappa shape index (κ1) is 27.7. The van der Waals surface area contributed by atoms with Crippen molar-refractivity contribution < 1.29 is 32.7 Å². The molecule has 0 saturated heterocycles. The Labute approximate surface area is 215 Å². The monoisotopic (exact) mass is 524 g/mol. The van der Waals surface area contributed by atoms with Gasteiger partial charge in [-0.1, -0.05) is 48.5 Å². The smallest absolute Gasteiger partial charge is 0.475 e. The van der Waals surface area contributed by atoms with Crippen LogP contribution in [0.4, 0.5) is 18.9 Å². The number of hydrogen-bond donors (Lipinski definition) is 3. The first-order chi connectivity index (χ1) is 18.1. The Morgan fingerprint density at radius 3 is 2.00 bits per heavy atom. The van der Waals surface area contributed by atoms with Gasteiger partial charge in [-0.3, -0.25) is 9.59 Å². The molecule has 1 heterocycles. The van der Waals surface area contributed by atoms with Crippen LogP contribution in [-0.4, -0.2) is 44.7 Å².